The fourth-order valence-electron chi connectivity index (χ4n) is 2.18. The molecule has 0 amide bonds. The lowest BCUT2D eigenvalue weighted by Crippen LogP contribution is -2.06. The summed E-state index contributed by atoms with van der Waals surface area (Å²) in [6.45, 7) is 4.18. The van der Waals surface area contributed by atoms with E-state index in [4.69, 9.17) is 0 Å². The Kier molecular flexibility index (Phi) is 3.22. The number of hydrogen-bond acceptors (Lipinski definition) is 3. The standard InChI is InChI=1S/C16H16N2S/c1-11(16-10-19-12(2)18-16)17-15-8-7-13-5-3-4-6-14(13)9-15/h3-11,17H,1-2H3. The minimum absolute atomic E-state index is 0.228. The van der Waals surface area contributed by atoms with Gasteiger partial charge in [-0.3, -0.25) is 0 Å². The van der Waals surface area contributed by atoms with Gasteiger partial charge in [0, 0.05) is 11.1 Å². The van der Waals surface area contributed by atoms with E-state index in [9.17, 15) is 0 Å². The van der Waals surface area contributed by atoms with Crippen molar-refractivity contribution < 1.29 is 0 Å². The fourth-order valence-corrected chi connectivity index (χ4v) is 2.89. The van der Waals surface area contributed by atoms with Crippen molar-refractivity contribution in [2.75, 3.05) is 5.32 Å². The molecule has 3 rings (SSSR count). The van der Waals surface area contributed by atoms with Crippen molar-refractivity contribution in [3.8, 4) is 0 Å². The van der Waals surface area contributed by atoms with Gasteiger partial charge in [-0.1, -0.05) is 30.3 Å². The normalized spacial score (nSPS) is 12.5. The molecule has 3 aromatic rings. The summed E-state index contributed by atoms with van der Waals surface area (Å²) in [5.74, 6) is 0. The van der Waals surface area contributed by atoms with Gasteiger partial charge in [-0.2, -0.15) is 0 Å². The van der Waals surface area contributed by atoms with Crippen LogP contribution in [-0.4, -0.2) is 4.98 Å². The van der Waals surface area contributed by atoms with Gasteiger partial charge in [0.05, 0.1) is 16.7 Å². The zero-order valence-electron chi connectivity index (χ0n) is 11.1. The van der Waals surface area contributed by atoms with Crippen LogP contribution in [0.3, 0.4) is 0 Å². The number of anilines is 1. The molecule has 0 bridgehead atoms. The van der Waals surface area contributed by atoms with Gasteiger partial charge >= 0.3 is 0 Å². The molecule has 3 heteroatoms. The Morgan fingerprint density at radius 1 is 1.11 bits per heavy atom. The van der Waals surface area contributed by atoms with Gasteiger partial charge < -0.3 is 5.32 Å². The van der Waals surface area contributed by atoms with E-state index in [0.29, 0.717) is 0 Å². The van der Waals surface area contributed by atoms with Crippen LogP contribution in [0.5, 0.6) is 0 Å². The maximum Gasteiger partial charge on any atom is 0.0898 e. The monoisotopic (exact) mass is 268 g/mol. The van der Waals surface area contributed by atoms with Crippen molar-refractivity contribution in [1.82, 2.24) is 4.98 Å². The molecule has 2 aromatic carbocycles. The van der Waals surface area contributed by atoms with E-state index in [1.54, 1.807) is 11.3 Å². The predicted molar refractivity (Wildman–Crippen MR) is 82.8 cm³/mol. The molecule has 0 saturated carbocycles. The molecule has 96 valence electrons. The van der Waals surface area contributed by atoms with Gasteiger partial charge in [-0.05, 0) is 36.8 Å². The van der Waals surface area contributed by atoms with Crippen molar-refractivity contribution in [2.45, 2.75) is 19.9 Å². The Balaban J connectivity index is 1.84. The number of thiazole rings is 1. The highest BCUT2D eigenvalue weighted by Gasteiger charge is 2.08. The quantitative estimate of drug-likeness (QED) is 0.739. The van der Waals surface area contributed by atoms with Crippen LogP contribution in [0.25, 0.3) is 10.8 Å². The summed E-state index contributed by atoms with van der Waals surface area (Å²) in [7, 11) is 0. The van der Waals surface area contributed by atoms with E-state index in [1.807, 2.05) is 6.92 Å². The van der Waals surface area contributed by atoms with Gasteiger partial charge in [0.25, 0.3) is 0 Å². The summed E-state index contributed by atoms with van der Waals surface area (Å²) in [6, 6.07) is 15.1. The first-order valence-corrected chi connectivity index (χ1v) is 7.28. The molecule has 1 heterocycles. The van der Waals surface area contributed by atoms with Crippen LogP contribution >= 0.6 is 11.3 Å². The van der Waals surface area contributed by atoms with Crippen molar-refractivity contribution in [1.29, 1.82) is 0 Å². The molecule has 0 aliphatic carbocycles. The lowest BCUT2D eigenvalue weighted by molar-refractivity contribution is 0.846. The van der Waals surface area contributed by atoms with Crippen LogP contribution < -0.4 is 5.32 Å². The maximum absolute atomic E-state index is 4.53. The molecule has 1 N–H and O–H groups in total. The lowest BCUT2D eigenvalue weighted by Gasteiger charge is -2.13. The number of nitrogens with one attached hydrogen (secondary N) is 1. The first-order chi connectivity index (χ1) is 9.22. The molecule has 0 saturated heterocycles. The second-order valence-corrected chi connectivity index (χ2v) is 5.78. The minimum Gasteiger partial charge on any atom is -0.377 e. The number of benzene rings is 2. The van der Waals surface area contributed by atoms with E-state index < -0.39 is 0 Å². The minimum atomic E-state index is 0.228. The zero-order valence-corrected chi connectivity index (χ0v) is 11.9. The van der Waals surface area contributed by atoms with E-state index in [0.717, 1.165) is 16.4 Å². The predicted octanol–water partition coefficient (Wildman–Crippen LogP) is 4.78. The number of aryl methyl sites for hydroxylation is 1. The van der Waals surface area contributed by atoms with Crippen molar-refractivity contribution in [3.63, 3.8) is 0 Å². The molecule has 0 aliphatic heterocycles. The maximum atomic E-state index is 4.53. The Morgan fingerprint density at radius 3 is 2.63 bits per heavy atom. The summed E-state index contributed by atoms with van der Waals surface area (Å²) in [6.07, 6.45) is 0. The Hall–Kier alpha value is -1.87. The average Bonchev–Trinajstić information content (AvgIpc) is 2.85. The van der Waals surface area contributed by atoms with E-state index >= 15 is 0 Å². The van der Waals surface area contributed by atoms with Crippen LogP contribution in [0.2, 0.25) is 0 Å². The molecule has 0 spiro atoms. The molecule has 1 atom stereocenters. The summed E-state index contributed by atoms with van der Waals surface area (Å²) in [5, 5.41) is 9.27. The first-order valence-electron chi connectivity index (χ1n) is 6.40. The number of hydrogen-bond donors (Lipinski definition) is 1. The van der Waals surface area contributed by atoms with Gasteiger partial charge in [0.15, 0.2) is 0 Å². The second-order valence-electron chi connectivity index (χ2n) is 4.72. The Bertz CT molecular complexity index is 703. The third-order valence-corrected chi connectivity index (χ3v) is 4.00. The summed E-state index contributed by atoms with van der Waals surface area (Å²) in [4.78, 5) is 4.53. The molecular formula is C16H16N2S. The topological polar surface area (TPSA) is 24.9 Å². The van der Waals surface area contributed by atoms with E-state index in [-0.39, 0.29) is 6.04 Å². The highest BCUT2D eigenvalue weighted by atomic mass is 32.1. The van der Waals surface area contributed by atoms with Crippen molar-refractivity contribution >= 4 is 27.8 Å². The highest BCUT2D eigenvalue weighted by molar-refractivity contribution is 7.09. The second kappa shape index (κ2) is 5.02. The van der Waals surface area contributed by atoms with Crippen LogP contribution in [-0.2, 0) is 0 Å². The third-order valence-electron chi connectivity index (χ3n) is 3.21. The van der Waals surface area contributed by atoms with Crippen molar-refractivity contribution in [2.24, 2.45) is 0 Å². The molecule has 1 aromatic heterocycles. The fraction of sp³-hybridized carbons (Fsp3) is 0.188. The Morgan fingerprint density at radius 2 is 1.89 bits per heavy atom. The Labute approximate surface area is 117 Å². The molecule has 19 heavy (non-hydrogen) atoms. The number of nitrogens with zero attached hydrogens (tertiary/aromatic N) is 1. The molecule has 0 fully saturated rings. The summed E-state index contributed by atoms with van der Waals surface area (Å²) < 4.78 is 0. The molecule has 2 nitrogen and oxygen atoms in total. The molecule has 1 unspecified atom stereocenters. The average molecular weight is 268 g/mol. The number of fused-ring (bicyclic) bond motifs is 1. The van der Waals surface area contributed by atoms with Gasteiger partial charge in [0.1, 0.15) is 0 Å². The van der Waals surface area contributed by atoms with E-state index in [2.05, 4.69) is 65.1 Å². The van der Waals surface area contributed by atoms with Crippen LogP contribution in [0, 0.1) is 6.92 Å². The summed E-state index contributed by atoms with van der Waals surface area (Å²) in [5.41, 5.74) is 2.24. The zero-order chi connectivity index (χ0) is 13.2. The first kappa shape index (κ1) is 12.2. The number of rotatable bonds is 3. The lowest BCUT2D eigenvalue weighted by atomic mass is 10.1. The smallest absolute Gasteiger partial charge is 0.0898 e. The largest absolute Gasteiger partial charge is 0.377 e. The third kappa shape index (κ3) is 2.61. The van der Waals surface area contributed by atoms with Crippen molar-refractivity contribution in [3.05, 3.63) is 58.5 Å². The molecular weight excluding hydrogens is 252 g/mol. The van der Waals surface area contributed by atoms with Gasteiger partial charge in [0.2, 0.25) is 0 Å². The van der Waals surface area contributed by atoms with Crippen LogP contribution in [0.15, 0.2) is 47.8 Å². The molecule has 0 aliphatic rings. The summed E-state index contributed by atoms with van der Waals surface area (Å²) >= 11 is 1.69. The van der Waals surface area contributed by atoms with Crippen LogP contribution in [0.4, 0.5) is 5.69 Å². The molecule has 0 radical (unpaired) electrons. The van der Waals surface area contributed by atoms with Crippen LogP contribution in [0.1, 0.15) is 23.7 Å². The number of aromatic nitrogens is 1. The van der Waals surface area contributed by atoms with Gasteiger partial charge in [-0.25, -0.2) is 4.98 Å². The SMILES string of the molecule is Cc1nc(C(C)Nc2ccc3ccccc3c2)cs1. The van der Waals surface area contributed by atoms with Gasteiger partial charge in [-0.15, -0.1) is 11.3 Å². The highest BCUT2D eigenvalue weighted by Crippen LogP contribution is 2.24. The van der Waals surface area contributed by atoms with E-state index in [1.165, 1.54) is 10.8 Å².